The molecule has 0 atom stereocenters. The fraction of sp³-hybridized carbons (Fsp3) is 0.267. The maximum absolute atomic E-state index is 13.2. The molecule has 1 aliphatic heterocycles. The van der Waals surface area contributed by atoms with E-state index in [9.17, 15) is 9.18 Å². The summed E-state index contributed by atoms with van der Waals surface area (Å²) in [5, 5.41) is 3.67. The molecule has 1 saturated heterocycles. The van der Waals surface area contributed by atoms with Gasteiger partial charge >= 0.3 is 0 Å². The predicted molar refractivity (Wildman–Crippen MR) is 149 cm³/mol. The SMILES string of the molecule is COc1ccc(-c2nc(NC(=O)C3CCN(Cc4ccc(F)cc4)CC3)sc2-c2ccc(OC)cc2)cc1. The fourth-order valence-electron chi connectivity index (χ4n) is 4.66. The molecule has 3 aromatic carbocycles. The first-order valence-corrected chi connectivity index (χ1v) is 13.4. The number of likely N-dealkylation sites (tertiary alicyclic amines) is 1. The first-order valence-electron chi connectivity index (χ1n) is 12.6. The molecule has 2 heterocycles. The monoisotopic (exact) mass is 531 g/mol. The number of carbonyl (C=O) groups excluding carboxylic acids is 1. The number of aromatic nitrogens is 1. The molecule has 6 nitrogen and oxygen atoms in total. The Kier molecular flexibility index (Phi) is 8.00. The van der Waals surface area contributed by atoms with Crippen molar-refractivity contribution < 1.29 is 18.7 Å². The Morgan fingerprint density at radius 3 is 2.08 bits per heavy atom. The predicted octanol–water partition coefficient (Wildman–Crippen LogP) is 6.48. The number of benzene rings is 3. The van der Waals surface area contributed by atoms with Gasteiger partial charge in [-0.3, -0.25) is 9.69 Å². The van der Waals surface area contributed by atoms with Crippen molar-refractivity contribution in [2.24, 2.45) is 5.92 Å². The highest BCUT2D eigenvalue weighted by Crippen LogP contribution is 2.40. The molecule has 1 N–H and O–H groups in total. The molecule has 0 radical (unpaired) electrons. The summed E-state index contributed by atoms with van der Waals surface area (Å²) < 4.78 is 23.8. The molecule has 5 rings (SSSR count). The van der Waals surface area contributed by atoms with Gasteiger partial charge < -0.3 is 14.8 Å². The van der Waals surface area contributed by atoms with E-state index >= 15 is 0 Å². The average molecular weight is 532 g/mol. The van der Waals surface area contributed by atoms with Crippen molar-refractivity contribution in [3.05, 3.63) is 84.2 Å². The number of halogens is 1. The number of ether oxygens (including phenoxy) is 2. The molecular weight excluding hydrogens is 501 g/mol. The smallest absolute Gasteiger partial charge is 0.229 e. The number of thiazole rings is 1. The van der Waals surface area contributed by atoms with Gasteiger partial charge in [0.15, 0.2) is 5.13 Å². The lowest BCUT2D eigenvalue weighted by Gasteiger charge is -2.31. The Labute approximate surface area is 226 Å². The highest BCUT2D eigenvalue weighted by molar-refractivity contribution is 7.19. The highest BCUT2D eigenvalue weighted by Gasteiger charge is 2.26. The zero-order valence-corrected chi connectivity index (χ0v) is 22.3. The molecule has 0 saturated carbocycles. The van der Waals surface area contributed by atoms with Gasteiger partial charge in [-0.05, 0) is 97.7 Å². The molecule has 0 bridgehead atoms. The van der Waals surface area contributed by atoms with Gasteiger partial charge in [0, 0.05) is 18.0 Å². The number of hydrogen-bond acceptors (Lipinski definition) is 6. The lowest BCUT2D eigenvalue weighted by atomic mass is 9.95. The van der Waals surface area contributed by atoms with E-state index in [2.05, 4.69) is 10.2 Å². The van der Waals surface area contributed by atoms with Crippen LogP contribution in [0.15, 0.2) is 72.8 Å². The molecule has 0 aliphatic carbocycles. The third-order valence-electron chi connectivity index (χ3n) is 6.85. The summed E-state index contributed by atoms with van der Waals surface area (Å²) >= 11 is 1.47. The fourth-order valence-corrected chi connectivity index (χ4v) is 5.66. The zero-order valence-electron chi connectivity index (χ0n) is 21.4. The second-order valence-corrected chi connectivity index (χ2v) is 10.3. The van der Waals surface area contributed by atoms with E-state index in [0.29, 0.717) is 5.13 Å². The summed E-state index contributed by atoms with van der Waals surface area (Å²) in [6.07, 6.45) is 1.55. The summed E-state index contributed by atoms with van der Waals surface area (Å²) in [6, 6.07) is 22.2. The van der Waals surface area contributed by atoms with E-state index in [-0.39, 0.29) is 17.6 Å². The first-order chi connectivity index (χ1) is 18.5. The summed E-state index contributed by atoms with van der Waals surface area (Å²) in [5.41, 5.74) is 3.84. The third kappa shape index (κ3) is 6.03. The summed E-state index contributed by atoms with van der Waals surface area (Å²) in [4.78, 5) is 21.3. The van der Waals surface area contributed by atoms with Crippen LogP contribution in [0.2, 0.25) is 0 Å². The minimum absolute atomic E-state index is 0.00254. The lowest BCUT2D eigenvalue weighted by molar-refractivity contribution is -0.121. The van der Waals surface area contributed by atoms with Crippen LogP contribution in [0.5, 0.6) is 11.5 Å². The van der Waals surface area contributed by atoms with Gasteiger partial charge in [-0.15, -0.1) is 0 Å². The number of amides is 1. The molecule has 38 heavy (non-hydrogen) atoms. The van der Waals surface area contributed by atoms with Crippen molar-refractivity contribution in [2.45, 2.75) is 19.4 Å². The molecule has 0 spiro atoms. The second-order valence-electron chi connectivity index (χ2n) is 9.32. The standard InChI is InChI=1S/C30H30FN3O3S/c1-36-25-11-5-21(6-12-25)27-28(22-7-13-26(37-2)14-8-22)38-30(32-27)33-29(35)23-15-17-34(18-16-23)19-20-3-9-24(31)10-4-20/h3-14,23H,15-19H2,1-2H3,(H,32,33,35). The second kappa shape index (κ2) is 11.8. The quantitative estimate of drug-likeness (QED) is 0.282. The number of rotatable bonds is 8. The van der Waals surface area contributed by atoms with Gasteiger partial charge in [0.2, 0.25) is 5.91 Å². The first kappa shape index (κ1) is 25.9. The van der Waals surface area contributed by atoms with Gasteiger partial charge in [-0.2, -0.15) is 0 Å². The van der Waals surface area contributed by atoms with Gasteiger partial charge in [-0.1, -0.05) is 23.5 Å². The summed E-state index contributed by atoms with van der Waals surface area (Å²) in [6.45, 7) is 2.40. The van der Waals surface area contributed by atoms with Crippen molar-refractivity contribution in [3.63, 3.8) is 0 Å². The van der Waals surface area contributed by atoms with Crippen LogP contribution in [0.1, 0.15) is 18.4 Å². The van der Waals surface area contributed by atoms with Crippen LogP contribution in [-0.2, 0) is 11.3 Å². The third-order valence-corrected chi connectivity index (χ3v) is 7.87. The Balaban J connectivity index is 1.29. The van der Waals surface area contributed by atoms with Gasteiger partial charge in [0.1, 0.15) is 17.3 Å². The van der Waals surface area contributed by atoms with Crippen LogP contribution in [0.4, 0.5) is 9.52 Å². The molecule has 1 aliphatic rings. The van der Waals surface area contributed by atoms with Crippen LogP contribution in [-0.4, -0.2) is 43.1 Å². The van der Waals surface area contributed by atoms with Crippen molar-refractivity contribution in [1.82, 2.24) is 9.88 Å². The van der Waals surface area contributed by atoms with E-state index in [4.69, 9.17) is 14.5 Å². The van der Waals surface area contributed by atoms with E-state index in [0.717, 1.165) is 71.2 Å². The van der Waals surface area contributed by atoms with Gasteiger partial charge in [0.05, 0.1) is 24.8 Å². The number of hydrogen-bond donors (Lipinski definition) is 1. The topological polar surface area (TPSA) is 63.7 Å². The number of anilines is 1. The van der Waals surface area contributed by atoms with Crippen LogP contribution in [0.25, 0.3) is 21.7 Å². The molecule has 1 fully saturated rings. The van der Waals surface area contributed by atoms with Crippen LogP contribution in [0.3, 0.4) is 0 Å². The Bertz CT molecular complexity index is 1300. The van der Waals surface area contributed by atoms with Gasteiger partial charge in [-0.25, -0.2) is 9.37 Å². The zero-order chi connectivity index (χ0) is 26.5. The molecule has 4 aromatic rings. The average Bonchev–Trinajstić information content (AvgIpc) is 3.38. The minimum Gasteiger partial charge on any atom is -0.497 e. The van der Waals surface area contributed by atoms with Crippen LogP contribution < -0.4 is 14.8 Å². The van der Waals surface area contributed by atoms with Crippen molar-refractivity contribution in [2.75, 3.05) is 32.6 Å². The normalized spacial score (nSPS) is 14.3. The number of nitrogens with zero attached hydrogens (tertiary/aromatic N) is 2. The number of piperidine rings is 1. The van der Waals surface area contributed by atoms with Crippen LogP contribution in [0, 0.1) is 11.7 Å². The van der Waals surface area contributed by atoms with E-state index in [1.165, 1.54) is 23.5 Å². The molecule has 1 amide bonds. The molecular formula is C30H30FN3O3S. The number of methoxy groups -OCH3 is 2. The summed E-state index contributed by atoms with van der Waals surface area (Å²) in [7, 11) is 3.28. The molecule has 1 aromatic heterocycles. The lowest BCUT2D eigenvalue weighted by Crippen LogP contribution is -2.37. The van der Waals surface area contributed by atoms with Crippen molar-refractivity contribution in [3.8, 4) is 33.2 Å². The van der Waals surface area contributed by atoms with E-state index < -0.39 is 0 Å². The van der Waals surface area contributed by atoms with Crippen molar-refractivity contribution >= 4 is 22.4 Å². The summed E-state index contributed by atoms with van der Waals surface area (Å²) in [5.74, 6) is 1.26. The van der Waals surface area contributed by atoms with Crippen LogP contribution >= 0.6 is 11.3 Å². The maximum atomic E-state index is 13.2. The van der Waals surface area contributed by atoms with Gasteiger partial charge in [0.25, 0.3) is 0 Å². The maximum Gasteiger partial charge on any atom is 0.229 e. The molecule has 8 heteroatoms. The Morgan fingerprint density at radius 1 is 0.921 bits per heavy atom. The highest BCUT2D eigenvalue weighted by atomic mass is 32.1. The van der Waals surface area contributed by atoms with Crippen molar-refractivity contribution in [1.29, 1.82) is 0 Å². The van der Waals surface area contributed by atoms with E-state index in [1.54, 1.807) is 14.2 Å². The molecule has 196 valence electrons. The number of carbonyl (C=O) groups is 1. The Hall–Kier alpha value is -3.75. The minimum atomic E-state index is -0.225. The molecule has 0 unspecified atom stereocenters. The van der Waals surface area contributed by atoms with E-state index in [1.807, 2.05) is 60.7 Å². The Morgan fingerprint density at radius 2 is 1.50 bits per heavy atom. The number of nitrogens with one attached hydrogen (secondary N) is 1. The largest absolute Gasteiger partial charge is 0.497 e.